The van der Waals surface area contributed by atoms with Crippen LogP contribution in [0.5, 0.6) is 0 Å². The Morgan fingerprint density at radius 3 is 2.80 bits per heavy atom. The van der Waals surface area contributed by atoms with Crippen molar-refractivity contribution in [3.63, 3.8) is 0 Å². The topological polar surface area (TPSA) is 77.1 Å². The summed E-state index contributed by atoms with van der Waals surface area (Å²) < 4.78 is 6.22. The second kappa shape index (κ2) is 5.00. The van der Waals surface area contributed by atoms with Gasteiger partial charge in [-0.05, 0) is 24.3 Å². The Bertz CT molecular complexity index is 805. The average Bonchev–Trinajstić information content (AvgIpc) is 2.76. The van der Waals surface area contributed by atoms with Crippen LogP contribution in [0.25, 0.3) is 11.2 Å². The molecule has 0 unspecified atom stereocenters. The minimum Gasteiger partial charge on any atom is -0.406 e. The molecule has 2 heterocycles. The van der Waals surface area contributed by atoms with Gasteiger partial charge in [0, 0.05) is 11.9 Å². The van der Waals surface area contributed by atoms with Crippen molar-refractivity contribution in [1.29, 1.82) is 0 Å². The van der Waals surface area contributed by atoms with Gasteiger partial charge in [-0.25, -0.2) is 14.3 Å². The maximum Gasteiger partial charge on any atom is 0.421 e. The summed E-state index contributed by atoms with van der Waals surface area (Å²) in [6, 6.07) is 12.3. The van der Waals surface area contributed by atoms with Gasteiger partial charge in [0.1, 0.15) is 6.54 Å². The second-order valence-electron chi connectivity index (χ2n) is 4.19. The molecule has 2 aromatic heterocycles. The molecule has 0 aliphatic carbocycles. The zero-order valence-corrected chi connectivity index (χ0v) is 10.4. The van der Waals surface area contributed by atoms with Crippen LogP contribution in [-0.4, -0.2) is 15.5 Å². The summed E-state index contributed by atoms with van der Waals surface area (Å²) >= 11 is 0. The van der Waals surface area contributed by atoms with Crippen molar-refractivity contribution in [2.45, 2.75) is 6.54 Å². The lowest BCUT2D eigenvalue weighted by Crippen LogP contribution is -2.25. The number of aromatic nitrogens is 2. The first-order valence-corrected chi connectivity index (χ1v) is 6.03. The summed E-state index contributed by atoms with van der Waals surface area (Å²) in [7, 11) is 0. The molecule has 6 heteroatoms. The third-order valence-electron chi connectivity index (χ3n) is 2.78. The molecule has 0 bridgehead atoms. The summed E-state index contributed by atoms with van der Waals surface area (Å²) in [6.07, 6.45) is 1.54. The predicted molar refractivity (Wildman–Crippen MR) is 73.3 cm³/mol. The van der Waals surface area contributed by atoms with Crippen molar-refractivity contribution >= 4 is 22.8 Å². The Kier molecular flexibility index (Phi) is 3.04. The molecule has 3 rings (SSSR count). The zero-order chi connectivity index (χ0) is 13.9. The van der Waals surface area contributed by atoms with Crippen LogP contribution in [0.4, 0.5) is 5.69 Å². The molecular formula is C14H11N3O3. The summed E-state index contributed by atoms with van der Waals surface area (Å²) in [4.78, 5) is 27.7. The number of hydrogen-bond acceptors (Lipinski definition) is 4. The van der Waals surface area contributed by atoms with Gasteiger partial charge in [-0.1, -0.05) is 18.2 Å². The van der Waals surface area contributed by atoms with Gasteiger partial charge in [-0.2, -0.15) is 0 Å². The normalized spacial score (nSPS) is 10.6. The van der Waals surface area contributed by atoms with Gasteiger partial charge in [-0.3, -0.25) is 4.79 Å². The Labute approximate surface area is 113 Å². The molecule has 0 aliphatic heterocycles. The van der Waals surface area contributed by atoms with Crippen LogP contribution in [0, 0.1) is 0 Å². The first-order chi connectivity index (χ1) is 9.74. The average molecular weight is 269 g/mol. The number of carbonyl (C=O) groups is 1. The number of fused-ring (bicyclic) bond motifs is 1. The van der Waals surface area contributed by atoms with Gasteiger partial charge in [-0.15, -0.1) is 0 Å². The second-order valence-corrected chi connectivity index (χ2v) is 4.19. The summed E-state index contributed by atoms with van der Waals surface area (Å²) in [5.74, 6) is -0.909. The smallest absolute Gasteiger partial charge is 0.406 e. The van der Waals surface area contributed by atoms with Crippen molar-refractivity contribution in [3.05, 3.63) is 59.2 Å². The Morgan fingerprint density at radius 1 is 1.20 bits per heavy atom. The van der Waals surface area contributed by atoms with E-state index in [4.69, 9.17) is 4.42 Å². The van der Waals surface area contributed by atoms with E-state index in [1.54, 1.807) is 30.5 Å². The number of pyridine rings is 1. The molecule has 0 fully saturated rings. The molecule has 0 aliphatic rings. The number of anilines is 1. The third kappa shape index (κ3) is 2.31. The summed E-state index contributed by atoms with van der Waals surface area (Å²) in [6.45, 7) is -0.141. The molecule has 3 aromatic rings. The van der Waals surface area contributed by atoms with Crippen molar-refractivity contribution in [2.75, 3.05) is 5.32 Å². The SMILES string of the molecule is O=C(Cn1c(=O)oc2cccnc21)Nc1ccccc1. The highest BCUT2D eigenvalue weighted by Gasteiger charge is 2.13. The summed E-state index contributed by atoms with van der Waals surface area (Å²) in [5.41, 5.74) is 1.40. The number of carbonyl (C=O) groups excluding carboxylic acids is 1. The Balaban J connectivity index is 1.85. The minimum atomic E-state index is -0.595. The van der Waals surface area contributed by atoms with Gasteiger partial charge in [0.25, 0.3) is 0 Å². The fraction of sp³-hybridized carbons (Fsp3) is 0.0714. The molecule has 1 amide bonds. The lowest BCUT2D eigenvalue weighted by atomic mass is 10.3. The highest BCUT2D eigenvalue weighted by molar-refractivity contribution is 5.91. The highest BCUT2D eigenvalue weighted by atomic mass is 16.4. The van der Waals surface area contributed by atoms with Crippen molar-refractivity contribution < 1.29 is 9.21 Å². The number of benzene rings is 1. The molecule has 20 heavy (non-hydrogen) atoms. The number of para-hydroxylation sites is 1. The number of rotatable bonds is 3. The Hall–Kier alpha value is -2.89. The largest absolute Gasteiger partial charge is 0.421 e. The maximum absolute atomic E-state index is 11.9. The van der Waals surface area contributed by atoms with Crippen LogP contribution in [0.15, 0.2) is 57.9 Å². The standard InChI is InChI=1S/C14H11N3O3/c18-12(16-10-5-2-1-3-6-10)9-17-13-11(20-14(17)19)7-4-8-15-13/h1-8H,9H2,(H,16,18). The van der Waals surface area contributed by atoms with Crippen LogP contribution in [-0.2, 0) is 11.3 Å². The molecule has 100 valence electrons. The number of amides is 1. The van der Waals surface area contributed by atoms with E-state index in [0.717, 1.165) is 0 Å². The lowest BCUT2D eigenvalue weighted by Gasteiger charge is -2.04. The van der Waals surface area contributed by atoms with Crippen molar-refractivity contribution in [1.82, 2.24) is 9.55 Å². The highest BCUT2D eigenvalue weighted by Crippen LogP contribution is 2.09. The number of nitrogens with zero attached hydrogens (tertiary/aromatic N) is 2. The van der Waals surface area contributed by atoms with E-state index < -0.39 is 5.76 Å². The third-order valence-corrected chi connectivity index (χ3v) is 2.78. The van der Waals surface area contributed by atoms with Gasteiger partial charge in [0.05, 0.1) is 0 Å². The molecule has 0 saturated heterocycles. The minimum absolute atomic E-state index is 0.141. The molecule has 1 aromatic carbocycles. The summed E-state index contributed by atoms with van der Waals surface area (Å²) in [5, 5.41) is 2.70. The molecule has 0 spiro atoms. The fourth-order valence-corrected chi connectivity index (χ4v) is 1.91. The van der Waals surface area contributed by atoms with Crippen LogP contribution < -0.4 is 11.1 Å². The molecule has 0 radical (unpaired) electrons. The van der Waals surface area contributed by atoms with Crippen molar-refractivity contribution in [2.24, 2.45) is 0 Å². The van der Waals surface area contributed by atoms with E-state index in [1.807, 2.05) is 18.2 Å². The first kappa shape index (κ1) is 12.2. The van der Waals surface area contributed by atoms with E-state index in [-0.39, 0.29) is 12.5 Å². The quantitative estimate of drug-likeness (QED) is 0.784. The van der Waals surface area contributed by atoms with Gasteiger partial charge >= 0.3 is 5.76 Å². The van der Waals surface area contributed by atoms with Crippen LogP contribution in [0.1, 0.15) is 0 Å². The lowest BCUT2D eigenvalue weighted by molar-refractivity contribution is -0.116. The van der Waals surface area contributed by atoms with E-state index in [2.05, 4.69) is 10.3 Å². The number of nitrogens with one attached hydrogen (secondary N) is 1. The number of hydrogen-bond donors (Lipinski definition) is 1. The number of oxazole rings is 1. The molecule has 0 atom stereocenters. The van der Waals surface area contributed by atoms with E-state index in [9.17, 15) is 9.59 Å². The van der Waals surface area contributed by atoms with Crippen molar-refractivity contribution in [3.8, 4) is 0 Å². The zero-order valence-electron chi connectivity index (χ0n) is 10.4. The van der Waals surface area contributed by atoms with Crippen LogP contribution in [0.2, 0.25) is 0 Å². The molecule has 1 N–H and O–H groups in total. The van der Waals surface area contributed by atoms with Crippen LogP contribution >= 0.6 is 0 Å². The van der Waals surface area contributed by atoms with E-state index in [1.165, 1.54) is 4.57 Å². The molecule has 0 saturated carbocycles. The predicted octanol–water partition coefficient (Wildman–Crippen LogP) is 1.63. The van der Waals surface area contributed by atoms with Crippen LogP contribution in [0.3, 0.4) is 0 Å². The maximum atomic E-state index is 11.9. The molecular weight excluding hydrogens is 258 g/mol. The van der Waals surface area contributed by atoms with Gasteiger partial charge in [0.2, 0.25) is 5.91 Å². The monoisotopic (exact) mass is 269 g/mol. The molecule has 6 nitrogen and oxygen atoms in total. The van der Waals surface area contributed by atoms with Gasteiger partial charge in [0.15, 0.2) is 11.2 Å². The Morgan fingerprint density at radius 2 is 2.00 bits per heavy atom. The fourth-order valence-electron chi connectivity index (χ4n) is 1.91. The van der Waals surface area contributed by atoms with Gasteiger partial charge < -0.3 is 9.73 Å². The van der Waals surface area contributed by atoms with E-state index in [0.29, 0.717) is 16.9 Å². The van der Waals surface area contributed by atoms with E-state index >= 15 is 0 Å². The first-order valence-electron chi connectivity index (χ1n) is 6.03.